The summed E-state index contributed by atoms with van der Waals surface area (Å²) in [7, 11) is -3.21. The summed E-state index contributed by atoms with van der Waals surface area (Å²) in [6.07, 6.45) is 2.20. The van der Waals surface area contributed by atoms with Gasteiger partial charge in [-0.25, -0.2) is 12.7 Å². The number of piperidine rings is 1. The third-order valence-corrected chi connectivity index (χ3v) is 6.10. The lowest BCUT2D eigenvalue weighted by molar-refractivity contribution is -0.120. The monoisotopic (exact) mass is 418 g/mol. The molecule has 1 saturated heterocycles. The fraction of sp³-hybridized carbons (Fsp3) is 0.381. The van der Waals surface area contributed by atoms with E-state index in [-0.39, 0.29) is 11.8 Å². The number of anilines is 1. The average Bonchev–Trinajstić information content (AvgIpc) is 2.70. The normalized spacial score (nSPS) is 15.7. The Kier molecular flexibility index (Phi) is 6.76. The number of ether oxygens (including phenoxy) is 2. The van der Waals surface area contributed by atoms with Gasteiger partial charge in [-0.15, -0.1) is 0 Å². The number of hydrogen-bond donors (Lipinski definition) is 1. The second kappa shape index (κ2) is 9.28. The summed E-state index contributed by atoms with van der Waals surface area (Å²) >= 11 is 0. The minimum absolute atomic E-state index is 0.124. The Balaban J connectivity index is 1.64. The number of carbonyl (C=O) groups is 1. The molecule has 1 aliphatic rings. The molecule has 0 saturated carbocycles. The van der Waals surface area contributed by atoms with Crippen molar-refractivity contribution >= 4 is 21.6 Å². The van der Waals surface area contributed by atoms with E-state index in [0.29, 0.717) is 49.7 Å². The molecule has 2 aromatic rings. The molecule has 0 aliphatic carbocycles. The minimum Gasteiger partial charge on any atom is -0.494 e. The van der Waals surface area contributed by atoms with Crippen molar-refractivity contribution < 1.29 is 22.7 Å². The van der Waals surface area contributed by atoms with Crippen molar-refractivity contribution in [3.63, 3.8) is 0 Å². The standard InChI is InChI=1S/C21H26N2O5S/c1-3-27-17-8-10-18(11-9-17)28-20-7-5-4-6-19(20)22-21(24)16-12-14-23(15-13-16)29(2,25)26/h4-11,16H,3,12-15H2,1-2H3,(H,22,24). The van der Waals surface area contributed by atoms with Crippen LogP contribution in [0.1, 0.15) is 19.8 Å². The van der Waals surface area contributed by atoms with Gasteiger partial charge in [0.05, 0.1) is 18.6 Å². The fourth-order valence-electron chi connectivity index (χ4n) is 3.24. The maximum Gasteiger partial charge on any atom is 0.227 e. The number of nitrogens with one attached hydrogen (secondary N) is 1. The van der Waals surface area contributed by atoms with Crippen molar-refractivity contribution in [3.8, 4) is 17.2 Å². The molecule has 0 bridgehead atoms. The molecule has 156 valence electrons. The van der Waals surface area contributed by atoms with Gasteiger partial charge in [0.2, 0.25) is 15.9 Å². The molecular weight excluding hydrogens is 392 g/mol. The summed E-state index contributed by atoms with van der Waals surface area (Å²) in [5, 5.41) is 2.93. The second-order valence-electron chi connectivity index (χ2n) is 6.93. The van der Waals surface area contributed by atoms with Crippen molar-refractivity contribution in [2.75, 3.05) is 31.3 Å². The third kappa shape index (κ3) is 5.71. The lowest BCUT2D eigenvalue weighted by Gasteiger charge is -2.29. The summed E-state index contributed by atoms with van der Waals surface area (Å²) in [4.78, 5) is 12.7. The van der Waals surface area contributed by atoms with Gasteiger partial charge in [0.15, 0.2) is 5.75 Å². The predicted octanol–water partition coefficient (Wildman–Crippen LogP) is 3.49. The number of amides is 1. The molecule has 1 fully saturated rings. The van der Waals surface area contributed by atoms with Gasteiger partial charge < -0.3 is 14.8 Å². The highest BCUT2D eigenvalue weighted by molar-refractivity contribution is 7.88. The molecule has 0 unspecified atom stereocenters. The van der Waals surface area contributed by atoms with Crippen LogP contribution in [0.5, 0.6) is 17.2 Å². The van der Waals surface area contributed by atoms with Gasteiger partial charge in [0, 0.05) is 19.0 Å². The molecule has 0 aromatic heterocycles. The maximum absolute atomic E-state index is 12.7. The molecule has 0 radical (unpaired) electrons. The first-order valence-electron chi connectivity index (χ1n) is 9.62. The number of rotatable bonds is 7. The van der Waals surface area contributed by atoms with E-state index in [1.54, 1.807) is 12.1 Å². The van der Waals surface area contributed by atoms with Gasteiger partial charge in [0.1, 0.15) is 11.5 Å². The first-order chi connectivity index (χ1) is 13.9. The lowest BCUT2D eigenvalue weighted by atomic mass is 9.97. The maximum atomic E-state index is 12.7. The summed E-state index contributed by atoms with van der Waals surface area (Å²) in [5.74, 6) is 1.59. The van der Waals surface area contributed by atoms with E-state index in [0.717, 1.165) is 5.75 Å². The first kappa shape index (κ1) is 21.1. The molecule has 8 heteroatoms. The Morgan fingerprint density at radius 1 is 1.07 bits per heavy atom. The number of sulfonamides is 1. The van der Waals surface area contributed by atoms with Gasteiger partial charge in [0.25, 0.3) is 0 Å². The van der Waals surface area contributed by atoms with E-state index in [1.807, 2.05) is 43.3 Å². The van der Waals surface area contributed by atoms with E-state index < -0.39 is 10.0 Å². The van der Waals surface area contributed by atoms with Crippen LogP contribution in [0.3, 0.4) is 0 Å². The molecule has 1 heterocycles. The van der Waals surface area contributed by atoms with Crippen LogP contribution >= 0.6 is 0 Å². The summed E-state index contributed by atoms with van der Waals surface area (Å²) in [6.45, 7) is 3.25. The van der Waals surface area contributed by atoms with Gasteiger partial charge in [-0.1, -0.05) is 12.1 Å². The summed E-state index contributed by atoms with van der Waals surface area (Å²) in [6, 6.07) is 14.5. The van der Waals surface area contributed by atoms with Crippen molar-refractivity contribution in [3.05, 3.63) is 48.5 Å². The van der Waals surface area contributed by atoms with E-state index in [4.69, 9.17) is 9.47 Å². The van der Waals surface area contributed by atoms with Crippen LogP contribution in [0, 0.1) is 5.92 Å². The molecule has 1 amide bonds. The fourth-order valence-corrected chi connectivity index (χ4v) is 4.11. The lowest BCUT2D eigenvalue weighted by Crippen LogP contribution is -2.40. The highest BCUT2D eigenvalue weighted by Gasteiger charge is 2.29. The zero-order valence-electron chi connectivity index (χ0n) is 16.6. The molecular formula is C21H26N2O5S. The molecule has 7 nitrogen and oxygen atoms in total. The molecule has 0 spiro atoms. The zero-order chi connectivity index (χ0) is 20.9. The topological polar surface area (TPSA) is 84.9 Å². The van der Waals surface area contributed by atoms with Crippen molar-refractivity contribution in [1.29, 1.82) is 0 Å². The average molecular weight is 419 g/mol. The summed E-state index contributed by atoms with van der Waals surface area (Å²) < 4.78 is 36.0. The third-order valence-electron chi connectivity index (χ3n) is 4.80. The van der Waals surface area contributed by atoms with Gasteiger partial charge in [-0.05, 0) is 56.2 Å². The Labute approximate surface area is 171 Å². The largest absolute Gasteiger partial charge is 0.494 e. The van der Waals surface area contributed by atoms with E-state index in [2.05, 4.69) is 5.32 Å². The van der Waals surface area contributed by atoms with E-state index in [9.17, 15) is 13.2 Å². The number of para-hydroxylation sites is 2. The van der Waals surface area contributed by atoms with E-state index in [1.165, 1.54) is 10.6 Å². The summed E-state index contributed by atoms with van der Waals surface area (Å²) in [5.41, 5.74) is 0.580. The first-order valence-corrected chi connectivity index (χ1v) is 11.5. The Morgan fingerprint density at radius 3 is 2.31 bits per heavy atom. The molecule has 3 rings (SSSR count). The Morgan fingerprint density at radius 2 is 1.69 bits per heavy atom. The Hall–Kier alpha value is -2.58. The number of carbonyl (C=O) groups excluding carboxylic acids is 1. The highest BCUT2D eigenvalue weighted by atomic mass is 32.2. The minimum atomic E-state index is -3.21. The second-order valence-corrected chi connectivity index (χ2v) is 8.91. The molecule has 1 N–H and O–H groups in total. The van der Waals surface area contributed by atoms with Crippen LogP contribution in [-0.2, 0) is 14.8 Å². The van der Waals surface area contributed by atoms with Crippen LogP contribution in [0.4, 0.5) is 5.69 Å². The predicted molar refractivity (Wildman–Crippen MR) is 112 cm³/mol. The van der Waals surface area contributed by atoms with Crippen LogP contribution in [0.2, 0.25) is 0 Å². The zero-order valence-corrected chi connectivity index (χ0v) is 17.4. The van der Waals surface area contributed by atoms with Crippen molar-refractivity contribution in [1.82, 2.24) is 4.31 Å². The quantitative estimate of drug-likeness (QED) is 0.744. The molecule has 29 heavy (non-hydrogen) atoms. The van der Waals surface area contributed by atoms with Crippen molar-refractivity contribution in [2.24, 2.45) is 5.92 Å². The van der Waals surface area contributed by atoms with Crippen LogP contribution < -0.4 is 14.8 Å². The van der Waals surface area contributed by atoms with Crippen LogP contribution in [-0.4, -0.2) is 44.6 Å². The van der Waals surface area contributed by atoms with Gasteiger partial charge in [-0.2, -0.15) is 0 Å². The molecule has 2 aromatic carbocycles. The van der Waals surface area contributed by atoms with Crippen LogP contribution in [0.15, 0.2) is 48.5 Å². The molecule has 1 aliphatic heterocycles. The highest BCUT2D eigenvalue weighted by Crippen LogP contribution is 2.31. The van der Waals surface area contributed by atoms with Gasteiger partial charge >= 0.3 is 0 Å². The smallest absolute Gasteiger partial charge is 0.227 e. The van der Waals surface area contributed by atoms with Crippen molar-refractivity contribution in [2.45, 2.75) is 19.8 Å². The number of benzene rings is 2. The number of hydrogen-bond acceptors (Lipinski definition) is 5. The van der Waals surface area contributed by atoms with Gasteiger partial charge in [-0.3, -0.25) is 4.79 Å². The van der Waals surface area contributed by atoms with E-state index >= 15 is 0 Å². The Bertz CT molecular complexity index is 936. The SMILES string of the molecule is CCOc1ccc(Oc2ccccc2NC(=O)C2CCN(S(C)(=O)=O)CC2)cc1. The van der Waals surface area contributed by atoms with Crippen LogP contribution in [0.25, 0.3) is 0 Å². The number of nitrogens with zero attached hydrogens (tertiary/aromatic N) is 1. The molecule has 0 atom stereocenters.